The number of rotatable bonds is 7. The van der Waals surface area contributed by atoms with Crippen molar-refractivity contribution < 1.29 is 19.5 Å². The zero-order valence-corrected chi connectivity index (χ0v) is 10.0. The molecule has 0 saturated heterocycles. The Hall–Kier alpha value is -1.79. The number of carboxylic acids is 1. The Morgan fingerprint density at radius 3 is 2.29 bits per heavy atom. The molecule has 1 atom stereocenters. The molecular weight excluding hydrogens is 226 g/mol. The predicted molar refractivity (Wildman–Crippen MR) is 61.2 cm³/mol. The highest BCUT2D eigenvalue weighted by atomic mass is 16.4. The molecule has 7 nitrogen and oxygen atoms in total. The van der Waals surface area contributed by atoms with Gasteiger partial charge < -0.3 is 21.5 Å². The number of carbonyl (C=O) groups is 3. The molecule has 0 aliphatic rings. The first-order valence-corrected chi connectivity index (χ1v) is 5.40. The van der Waals surface area contributed by atoms with E-state index in [1.54, 1.807) is 13.8 Å². The maximum absolute atomic E-state index is 11.3. The van der Waals surface area contributed by atoms with Gasteiger partial charge in [-0.1, -0.05) is 13.8 Å². The van der Waals surface area contributed by atoms with E-state index in [2.05, 4.69) is 10.6 Å². The first kappa shape index (κ1) is 15.2. The molecule has 3 amide bonds. The van der Waals surface area contributed by atoms with Crippen LogP contribution in [-0.2, 0) is 9.59 Å². The number of primary amides is 1. The molecule has 0 aromatic carbocycles. The van der Waals surface area contributed by atoms with Crippen LogP contribution in [0.5, 0.6) is 0 Å². The summed E-state index contributed by atoms with van der Waals surface area (Å²) in [6.45, 7) is 3.68. The fourth-order valence-corrected chi connectivity index (χ4v) is 1.17. The van der Waals surface area contributed by atoms with Crippen LogP contribution in [0.4, 0.5) is 4.79 Å². The van der Waals surface area contributed by atoms with E-state index in [1.807, 2.05) is 0 Å². The van der Waals surface area contributed by atoms with Gasteiger partial charge in [-0.25, -0.2) is 9.59 Å². The first-order valence-electron chi connectivity index (χ1n) is 5.40. The summed E-state index contributed by atoms with van der Waals surface area (Å²) < 4.78 is 0. The van der Waals surface area contributed by atoms with E-state index in [-0.39, 0.29) is 18.9 Å². The lowest BCUT2D eigenvalue weighted by Crippen LogP contribution is -2.48. The Morgan fingerprint density at radius 1 is 1.29 bits per heavy atom. The van der Waals surface area contributed by atoms with Crippen molar-refractivity contribution in [2.24, 2.45) is 11.7 Å². The summed E-state index contributed by atoms with van der Waals surface area (Å²) in [7, 11) is 0. The summed E-state index contributed by atoms with van der Waals surface area (Å²) in [5.41, 5.74) is 4.92. The standard InChI is InChI=1S/C10H19N3O4/c1-6(2)8(9(15)16)13-10(17)12-5-3-4-7(11)14/h6,8H,3-5H2,1-2H3,(H2,11,14)(H,15,16)(H2,12,13,17)/t8-/m0/s1. The Kier molecular flexibility index (Phi) is 6.69. The van der Waals surface area contributed by atoms with E-state index >= 15 is 0 Å². The second-order valence-electron chi connectivity index (χ2n) is 4.03. The van der Waals surface area contributed by atoms with Crippen LogP contribution < -0.4 is 16.4 Å². The lowest BCUT2D eigenvalue weighted by atomic mass is 10.1. The molecule has 0 spiro atoms. The van der Waals surface area contributed by atoms with E-state index in [1.165, 1.54) is 0 Å². The average Bonchev–Trinajstić information content (AvgIpc) is 2.19. The van der Waals surface area contributed by atoms with E-state index in [4.69, 9.17) is 10.8 Å². The number of carboxylic acid groups (broad SMARTS) is 1. The van der Waals surface area contributed by atoms with Gasteiger partial charge in [0.15, 0.2) is 0 Å². The number of nitrogens with two attached hydrogens (primary N) is 1. The molecule has 0 unspecified atom stereocenters. The molecule has 0 radical (unpaired) electrons. The fourth-order valence-electron chi connectivity index (χ4n) is 1.17. The largest absolute Gasteiger partial charge is 0.480 e. The summed E-state index contributed by atoms with van der Waals surface area (Å²) >= 11 is 0. The molecule has 7 heteroatoms. The van der Waals surface area contributed by atoms with Gasteiger partial charge in [0.2, 0.25) is 5.91 Å². The molecule has 0 heterocycles. The lowest BCUT2D eigenvalue weighted by molar-refractivity contribution is -0.140. The van der Waals surface area contributed by atoms with E-state index in [0.717, 1.165) is 0 Å². The van der Waals surface area contributed by atoms with Gasteiger partial charge in [0.25, 0.3) is 0 Å². The van der Waals surface area contributed by atoms with Gasteiger partial charge in [0.05, 0.1) is 0 Å². The van der Waals surface area contributed by atoms with E-state index < -0.39 is 23.9 Å². The van der Waals surface area contributed by atoms with Gasteiger partial charge in [0.1, 0.15) is 6.04 Å². The van der Waals surface area contributed by atoms with Gasteiger partial charge >= 0.3 is 12.0 Å². The second kappa shape index (κ2) is 7.48. The molecule has 0 saturated carbocycles. The second-order valence-corrected chi connectivity index (χ2v) is 4.03. The quantitative estimate of drug-likeness (QED) is 0.458. The number of urea groups is 1. The monoisotopic (exact) mass is 245 g/mol. The van der Waals surface area contributed by atoms with Gasteiger partial charge in [-0.2, -0.15) is 0 Å². The molecule has 0 aromatic rings. The van der Waals surface area contributed by atoms with Crippen molar-refractivity contribution in [3.63, 3.8) is 0 Å². The summed E-state index contributed by atoms with van der Waals surface area (Å²) in [6, 6.07) is -1.48. The summed E-state index contributed by atoms with van der Waals surface area (Å²) in [5.74, 6) is -1.71. The highest BCUT2D eigenvalue weighted by Gasteiger charge is 2.22. The van der Waals surface area contributed by atoms with Crippen molar-refractivity contribution in [2.45, 2.75) is 32.7 Å². The molecule has 0 bridgehead atoms. The van der Waals surface area contributed by atoms with Gasteiger partial charge in [0, 0.05) is 13.0 Å². The topological polar surface area (TPSA) is 122 Å². The summed E-state index contributed by atoms with van der Waals surface area (Å²) in [5, 5.41) is 13.6. The maximum Gasteiger partial charge on any atom is 0.326 e. The Balaban J connectivity index is 3.91. The third kappa shape index (κ3) is 7.15. The summed E-state index contributed by atoms with van der Waals surface area (Å²) in [4.78, 5) is 32.5. The Labute approximate surface area is 99.7 Å². The van der Waals surface area contributed by atoms with Crippen molar-refractivity contribution in [3.05, 3.63) is 0 Å². The minimum Gasteiger partial charge on any atom is -0.480 e. The van der Waals surface area contributed by atoms with Crippen LogP contribution in [0.2, 0.25) is 0 Å². The molecule has 0 fully saturated rings. The Bertz CT molecular complexity index is 291. The van der Waals surface area contributed by atoms with Crippen molar-refractivity contribution >= 4 is 17.9 Å². The molecule has 17 heavy (non-hydrogen) atoms. The third-order valence-electron chi connectivity index (χ3n) is 2.10. The highest BCUT2D eigenvalue weighted by molar-refractivity contribution is 5.82. The number of carbonyl (C=O) groups excluding carboxylic acids is 2. The molecule has 0 aromatic heterocycles. The van der Waals surface area contributed by atoms with Gasteiger partial charge in [-0.15, -0.1) is 0 Å². The van der Waals surface area contributed by atoms with Crippen LogP contribution in [-0.4, -0.2) is 35.6 Å². The maximum atomic E-state index is 11.3. The minimum atomic E-state index is -1.08. The fraction of sp³-hybridized carbons (Fsp3) is 0.700. The first-order chi connectivity index (χ1) is 7.84. The van der Waals surface area contributed by atoms with Crippen molar-refractivity contribution in [1.82, 2.24) is 10.6 Å². The van der Waals surface area contributed by atoms with Crippen LogP contribution in [0.25, 0.3) is 0 Å². The van der Waals surface area contributed by atoms with Crippen LogP contribution in [0, 0.1) is 5.92 Å². The molecule has 0 rings (SSSR count). The zero-order chi connectivity index (χ0) is 13.4. The predicted octanol–water partition coefficient (Wildman–Crippen LogP) is -0.340. The highest BCUT2D eigenvalue weighted by Crippen LogP contribution is 2.01. The smallest absolute Gasteiger partial charge is 0.326 e. The number of aliphatic carboxylic acids is 1. The summed E-state index contributed by atoms with van der Waals surface area (Å²) in [6.07, 6.45) is 0.620. The van der Waals surface area contributed by atoms with E-state index in [9.17, 15) is 14.4 Å². The van der Waals surface area contributed by atoms with Crippen LogP contribution in [0.3, 0.4) is 0 Å². The lowest BCUT2D eigenvalue weighted by Gasteiger charge is -2.18. The number of hydrogen-bond acceptors (Lipinski definition) is 3. The normalized spacial score (nSPS) is 11.9. The van der Waals surface area contributed by atoms with Crippen LogP contribution >= 0.6 is 0 Å². The third-order valence-corrected chi connectivity index (χ3v) is 2.10. The molecular formula is C10H19N3O4. The van der Waals surface area contributed by atoms with Gasteiger partial charge in [-0.3, -0.25) is 4.79 Å². The van der Waals surface area contributed by atoms with Gasteiger partial charge in [-0.05, 0) is 12.3 Å². The number of nitrogens with one attached hydrogen (secondary N) is 2. The van der Waals surface area contributed by atoms with Crippen molar-refractivity contribution in [3.8, 4) is 0 Å². The molecule has 98 valence electrons. The van der Waals surface area contributed by atoms with Crippen molar-refractivity contribution in [2.75, 3.05) is 6.54 Å². The van der Waals surface area contributed by atoms with E-state index in [0.29, 0.717) is 6.42 Å². The average molecular weight is 245 g/mol. The SMILES string of the molecule is CC(C)[C@H](NC(=O)NCCCC(N)=O)C(=O)O. The van der Waals surface area contributed by atoms with Crippen LogP contribution in [0.15, 0.2) is 0 Å². The van der Waals surface area contributed by atoms with Crippen LogP contribution in [0.1, 0.15) is 26.7 Å². The van der Waals surface area contributed by atoms with Crippen molar-refractivity contribution in [1.29, 1.82) is 0 Å². The molecule has 0 aliphatic carbocycles. The molecule has 0 aliphatic heterocycles. The zero-order valence-electron chi connectivity index (χ0n) is 10.0. The molecule has 5 N–H and O–H groups in total. The minimum absolute atomic E-state index is 0.187. The Morgan fingerprint density at radius 2 is 1.88 bits per heavy atom. The number of hydrogen-bond donors (Lipinski definition) is 4. The number of amides is 3.